The van der Waals surface area contributed by atoms with Gasteiger partial charge >= 0.3 is 0 Å². The Morgan fingerprint density at radius 1 is 1.15 bits per heavy atom. The smallest absolute Gasteiger partial charge is 0.253 e. The van der Waals surface area contributed by atoms with Crippen molar-refractivity contribution < 1.29 is 9.90 Å². The van der Waals surface area contributed by atoms with E-state index in [4.69, 9.17) is 0 Å². The lowest BCUT2D eigenvalue weighted by atomic mass is 9.65. The SMILES string of the molecule is CN1CC2(C)CN(C(=O)c3cccc(C#CC(C)(C)O)c3)CC(C)(C1)C2. The van der Waals surface area contributed by atoms with E-state index < -0.39 is 5.60 Å². The molecule has 1 aromatic carbocycles. The minimum absolute atomic E-state index is 0.0820. The molecule has 0 aromatic heterocycles. The first kappa shape index (κ1) is 18.9. The second kappa shape index (κ2) is 6.40. The van der Waals surface area contributed by atoms with Gasteiger partial charge in [0.1, 0.15) is 5.60 Å². The fourth-order valence-corrected chi connectivity index (χ4v) is 4.97. The summed E-state index contributed by atoms with van der Waals surface area (Å²) in [5.41, 5.74) is 0.682. The number of carbonyl (C=O) groups is 1. The van der Waals surface area contributed by atoms with Crippen LogP contribution in [0.25, 0.3) is 0 Å². The summed E-state index contributed by atoms with van der Waals surface area (Å²) in [4.78, 5) is 17.6. The number of hydrogen-bond acceptors (Lipinski definition) is 3. The van der Waals surface area contributed by atoms with E-state index in [0.717, 1.165) is 31.7 Å². The Hall–Kier alpha value is -1.83. The van der Waals surface area contributed by atoms with Crippen molar-refractivity contribution in [1.29, 1.82) is 0 Å². The predicted octanol–water partition coefficient (Wildman–Crippen LogP) is 2.61. The first-order chi connectivity index (χ1) is 12.0. The zero-order valence-corrected chi connectivity index (χ0v) is 16.6. The van der Waals surface area contributed by atoms with Gasteiger partial charge < -0.3 is 14.9 Å². The third-order valence-electron chi connectivity index (χ3n) is 5.21. The highest BCUT2D eigenvalue weighted by Crippen LogP contribution is 2.45. The number of aliphatic hydroxyl groups is 1. The molecule has 26 heavy (non-hydrogen) atoms. The van der Waals surface area contributed by atoms with E-state index >= 15 is 0 Å². The van der Waals surface area contributed by atoms with Crippen LogP contribution in [0.4, 0.5) is 0 Å². The van der Waals surface area contributed by atoms with E-state index in [-0.39, 0.29) is 16.7 Å². The quantitative estimate of drug-likeness (QED) is 0.789. The number of fused-ring (bicyclic) bond motifs is 2. The lowest BCUT2D eigenvalue weighted by Gasteiger charge is -2.56. The molecule has 1 amide bonds. The molecule has 4 nitrogen and oxygen atoms in total. The summed E-state index contributed by atoms with van der Waals surface area (Å²) in [6, 6.07) is 7.43. The maximum absolute atomic E-state index is 13.2. The number of nitrogens with zero attached hydrogens (tertiary/aromatic N) is 2. The molecule has 2 aliphatic heterocycles. The molecule has 3 rings (SSSR count). The highest BCUT2D eigenvalue weighted by atomic mass is 16.3. The normalized spacial score (nSPS) is 29.1. The number of piperidine rings is 2. The number of rotatable bonds is 1. The lowest BCUT2D eigenvalue weighted by molar-refractivity contribution is -0.0554. The van der Waals surface area contributed by atoms with E-state index in [2.05, 4.69) is 37.6 Å². The number of amides is 1. The Morgan fingerprint density at radius 2 is 1.77 bits per heavy atom. The zero-order chi connectivity index (χ0) is 19.2. The summed E-state index contributed by atoms with van der Waals surface area (Å²) in [5.74, 6) is 5.86. The molecule has 2 heterocycles. The lowest BCUT2D eigenvalue weighted by Crippen LogP contribution is -2.62. The summed E-state index contributed by atoms with van der Waals surface area (Å²) in [5, 5.41) is 9.78. The van der Waals surface area contributed by atoms with Gasteiger partial charge in [-0.1, -0.05) is 31.8 Å². The molecule has 140 valence electrons. The monoisotopic (exact) mass is 354 g/mol. The van der Waals surface area contributed by atoms with Crippen molar-refractivity contribution in [2.45, 2.75) is 39.7 Å². The van der Waals surface area contributed by atoms with Gasteiger partial charge in [-0.2, -0.15) is 0 Å². The maximum atomic E-state index is 13.2. The molecule has 0 radical (unpaired) electrons. The Morgan fingerprint density at radius 3 is 2.35 bits per heavy atom. The summed E-state index contributed by atoms with van der Waals surface area (Å²) < 4.78 is 0. The van der Waals surface area contributed by atoms with Crippen molar-refractivity contribution in [2.24, 2.45) is 10.8 Å². The molecule has 2 atom stereocenters. The van der Waals surface area contributed by atoms with Crippen LogP contribution in [-0.4, -0.2) is 59.6 Å². The van der Waals surface area contributed by atoms with E-state index in [1.807, 2.05) is 29.2 Å². The highest BCUT2D eigenvalue weighted by Gasteiger charge is 2.48. The van der Waals surface area contributed by atoms with Gasteiger partial charge in [-0.25, -0.2) is 0 Å². The molecule has 2 fully saturated rings. The van der Waals surface area contributed by atoms with Crippen LogP contribution in [-0.2, 0) is 0 Å². The molecule has 1 N–H and O–H groups in total. The third kappa shape index (κ3) is 4.28. The first-order valence-electron chi connectivity index (χ1n) is 9.31. The Balaban J connectivity index is 1.83. The summed E-state index contributed by atoms with van der Waals surface area (Å²) in [7, 11) is 2.18. The summed E-state index contributed by atoms with van der Waals surface area (Å²) >= 11 is 0. The van der Waals surface area contributed by atoms with Crippen LogP contribution in [0, 0.1) is 22.7 Å². The molecular formula is C22H30N2O2. The minimum atomic E-state index is -1.04. The van der Waals surface area contributed by atoms with Crippen molar-refractivity contribution in [3.63, 3.8) is 0 Å². The van der Waals surface area contributed by atoms with Gasteiger partial charge in [0, 0.05) is 37.3 Å². The van der Waals surface area contributed by atoms with Gasteiger partial charge in [-0.05, 0) is 56.3 Å². The van der Waals surface area contributed by atoms with E-state index in [0.29, 0.717) is 5.56 Å². The van der Waals surface area contributed by atoms with Crippen molar-refractivity contribution in [3.05, 3.63) is 35.4 Å². The molecular weight excluding hydrogens is 324 g/mol. The van der Waals surface area contributed by atoms with E-state index in [1.165, 1.54) is 6.42 Å². The number of carbonyl (C=O) groups excluding carboxylic acids is 1. The largest absolute Gasteiger partial charge is 0.378 e. The van der Waals surface area contributed by atoms with Crippen LogP contribution in [0.5, 0.6) is 0 Å². The van der Waals surface area contributed by atoms with Crippen LogP contribution < -0.4 is 0 Å². The fraction of sp³-hybridized carbons (Fsp3) is 0.591. The van der Waals surface area contributed by atoms with Crippen LogP contribution in [0.2, 0.25) is 0 Å². The molecule has 0 aliphatic carbocycles. The van der Waals surface area contributed by atoms with Crippen molar-refractivity contribution >= 4 is 5.91 Å². The Bertz CT molecular complexity index is 750. The molecule has 2 bridgehead atoms. The molecule has 1 aromatic rings. The average molecular weight is 354 g/mol. The van der Waals surface area contributed by atoms with Gasteiger partial charge in [0.15, 0.2) is 0 Å². The molecule has 2 saturated heterocycles. The highest BCUT2D eigenvalue weighted by molar-refractivity contribution is 5.94. The predicted molar refractivity (Wildman–Crippen MR) is 104 cm³/mol. The van der Waals surface area contributed by atoms with Crippen molar-refractivity contribution in [1.82, 2.24) is 9.80 Å². The van der Waals surface area contributed by atoms with E-state index in [9.17, 15) is 9.90 Å². The van der Waals surface area contributed by atoms with Gasteiger partial charge in [0.05, 0.1) is 0 Å². The molecule has 4 heteroatoms. The second-order valence-corrected chi connectivity index (χ2v) is 9.52. The fourth-order valence-electron chi connectivity index (χ4n) is 4.97. The van der Waals surface area contributed by atoms with Crippen LogP contribution in [0.15, 0.2) is 24.3 Å². The zero-order valence-electron chi connectivity index (χ0n) is 16.6. The number of hydrogen-bond donors (Lipinski definition) is 1. The Labute approximate surface area is 157 Å². The molecule has 0 spiro atoms. The van der Waals surface area contributed by atoms with Crippen molar-refractivity contribution in [2.75, 3.05) is 33.2 Å². The molecule has 2 aliphatic rings. The Kier molecular flexibility index (Phi) is 4.67. The van der Waals surface area contributed by atoms with E-state index in [1.54, 1.807) is 13.8 Å². The maximum Gasteiger partial charge on any atom is 0.253 e. The summed E-state index contributed by atoms with van der Waals surface area (Å²) in [6.45, 7) is 11.6. The molecule has 2 unspecified atom stereocenters. The van der Waals surface area contributed by atoms with Gasteiger partial charge in [-0.3, -0.25) is 4.79 Å². The first-order valence-corrected chi connectivity index (χ1v) is 9.31. The topological polar surface area (TPSA) is 43.8 Å². The summed E-state index contributed by atoms with van der Waals surface area (Å²) in [6.07, 6.45) is 1.17. The van der Waals surface area contributed by atoms with Crippen molar-refractivity contribution in [3.8, 4) is 11.8 Å². The van der Waals surface area contributed by atoms with Crippen LogP contribution in [0.3, 0.4) is 0 Å². The second-order valence-electron chi connectivity index (χ2n) is 9.52. The number of likely N-dealkylation sites (tertiary alicyclic amines) is 2. The minimum Gasteiger partial charge on any atom is -0.378 e. The molecule has 0 saturated carbocycles. The van der Waals surface area contributed by atoms with Gasteiger partial charge in [-0.15, -0.1) is 0 Å². The van der Waals surface area contributed by atoms with Gasteiger partial charge in [0.2, 0.25) is 0 Å². The van der Waals surface area contributed by atoms with Crippen LogP contribution in [0.1, 0.15) is 50.0 Å². The van der Waals surface area contributed by atoms with Gasteiger partial charge in [0.25, 0.3) is 5.91 Å². The third-order valence-corrected chi connectivity index (χ3v) is 5.21. The van der Waals surface area contributed by atoms with Crippen LogP contribution >= 0.6 is 0 Å². The standard InChI is InChI=1S/C22H30N2O2/c1-20(2,26)10-9-17-7-6-8-18(11-17)19(25)24-15-21(3)12-22(4,16-24)14-23(5)13-21/h6-8,11,26H,12-16H2,1-5H3. The average Bonchev–Trinajstić information content (AvgIpc) is 2.48. The number of benzene rings is 1.